The molecule has 128 valence electrons. The number of para-hydroxylation sites is 1. The molecule has 3 rings (SSSR count). The Balaban J connectivity index is 1.75. The maximum atomic E-state index is 12.4. The highest BCUT2D eigenvalue weighted by atomic mass is 16.5. The molecule has 0 atom stereocenters. The van der Waals surface area contributed by atoms with Gasteiger partial charge in [0.25, 0.3) is 5.91 Å². The zero-order valence-electron chi connectivity index (χ0n) is 14.1. The van der Waals surface area contributed by atoms with E-state index >= 15 is 0 Å². The molecule has 3 aromatic rings. The first-order chi connectivity index (χ1) is 12.0. The third-order valence-electron chi connectivity index (χ3n) is 3.61. The van der Waals surface area contributed by atoms with Crippen molar-refractivity contribution in [3.8, 4) is 5.75 Å². The summed E-state index contributed by atoms with van der Waals surface area (Å²) in [6, 6.07) is 14.4. The molecule has 0 fully saturated rings. The van der Waals surface area contributed by atoms with Gasteiger partial charge >= 0.3 is 0 Å². The Hall–Kier alpha value is -3.15. The number of nitrogens with one attached hydrogen (secondary N) is 2. The Bertz CT molecular complexity index is 963. The Morgan fingerprint density at radius 3 is 2.80 bits per heavy atom. The summed E-state index contributed by atoms with van der Waals surface area (Å²) >= 11 is 0. The molecular weight excluding hydrogens is 318 g/mol. The van der Waals surface area contributed by atoms with Crippen molar-refractivity contribution < 1.29 is 9.53 Å². The van der Waals surface area contributed by atoms with E-state index in [0.29, 0.717) is 10.9 Å². The molecule has 0 aliphatic carbocycles. The number of fused-ring (bicyclic) bond motifs is 1. The number of amides is 1. The number of aromatic nitrogens is 2. The van der Waals surface area contributed by atoms with Crippen molar-refractivity contribution in [2.75, 3.05) is 0 Å². The van der Waals surface area contributed by atoms with Crippen molar-refractivity contribution in [2.45, 2.75) is 26.5 Å². The summed E-state index contributed by atoms with van der Waals surface area (Å²) in [4.78, 5) is 24.7. The standard InChI is InChI=1S/C19H19N3O3/c1-12(2)25-14-7-5-6-13(10-14)11-20-19(24)17-18(23)15-8-3-4-9-16(15)21-22-17/h3-10,12H,11H2,1-2H3,(H,20,24)(H,21,23). The molecule has 0 aliphatic rings. The van der Waals surface area contributed by atoms with Gasteiger partial charge in [-0.1, -0.05) is 24.3 Å². The normalized spacial score (nSPS) is 10.8. The number of nitrogens with zero attached hydrogens (tertiary/aromatic N) is 1. The second-order valence-electron chi connectivity index (χ2n) is 5.94. The van der Waals surface area contributed by atoms with Gasteiger partial charge in [0.05, 0.1) is 11.6 Å². The van der Waals surface area contributed by atoms with Gasteiger partial charge in [-0.3, -0.25) is 14.7 Å². The van der Waals surface area contributed by atoms with Crippen LogP contribution in [0, 0.1) is 0 Å². The summed E-state index contributed by atoms with van der Waals surface area (Å²) in [5, 5.41) is 9.80. The van der Waals surface area contributed by atoms with Crippen molar-refractivity contribution in [2.24, 2.45) is 0 Å². The molecule has 25 heavy (non-hydrogen) atoms. The summed E-state index contributed by atoms with van der Waals surface area (Å²) in [5.74, 6) is 0.227. The monoisotopic (exact) mass is 337 g/mol. The van der Waals surface area contributed by atoms with Crippen LogP contribution in [0.2, 0.25) is 0 Å². The second kappa shape index (κ2) is 7.17. The van der Waals surface area contributed by atoms with Gasteiger partial charge in [-0.2, -0.15) is 5.10 Å². The van der Waals surface area contributed by atoms with Crippen LogP contribution >= 0.6 is 0 Å². The number of hydrogen-bond donors (Lipinski definition) is 2. The molecule has 0 radical (unpaired) electrons. The Morgan fingerprint density at radius 2 is 2.00 bits per heavy atom. The van der Waals surface area contributed by atoms with Crippen LogP contribution in [0.25, 0.3) is 10.9 Å². The summed E-state index contributed by atoms with van der Waals surface area (Å²) in [6.07, 6.45) is 0.0743. The molecule has 2 aromatic carbocycles. The number of carbonyl (C=O) groups excluding carboxylic acids is 1. The minimum absolute atomic E-state index is 0.0743. The number of carbonyl (C=O) groups is 1. The van der Waals surface area contributed by atoms with Gasteiger partial charge < -0.3 is 10.1 Å². The van der Waals surface area contributed by atoms with Gasteiger partial charge in [0, 0.05) is 11.9 Å². The van der Waals surface area contributed by atoms with Crippen LogP contribution in [0.1, 0.15) is 29.9 Å². The fourth-order valence-electron chi connectivity index (χ4n) is 2.49. The van der Waals surface area contributed by atoms with Crippen LogP contribution in [-0.4, -0.2) is 22.2 Å². The first-order valence-electron chi connectivity index (χ1n) is 8.06. The van der Waals surface area contributed by atoms with Crippen molar-refractivity contribution in [3.63, 3.8) is 0 Å². The van der Waals surface area contributed by atoms with Crippen LogP contribution in [0.15, 0.2) is 53.3 Å². The molecule has 6 nitrogen and oxygen atoms in total. The fourth-order valence-corrected chi connectivity index (χ4v) is 2.49. The smallest absolute Gasteiger partial charge is 0.276 e. The van der Waals surface area contributed by atoms with E-state index in [1.165, 1.54) is 0 Å². The maximum Gasteiger partial charge on any atom is 0.276 e. The van der Waals surface area contributed by atoms with Gasteiger partial charge in [-0.15, -0.1) is 0 Å². The van der Waals surface area contributed by atoms with E-state index in [-0.39, 0.29) is 23.8 Å². The van der Waals surface area contributed by atoms with Crippen molar-refractivity contribution in [3.05, 3.63) is 70.0 Å². The second-order valence-corrected chi connectivity index (χ2v) is 5.94. The summed E-state index contributed by atoms with van der Waals surface area (Å²) in [6.45, 7) is 4.18. The maximum absolute atomic E-state index is 12.4. The first kappa shape index (κ1) is 16.7. The lowest BCUT2D eigenvalue weighted by atomic mass is 10.2. The van der Waals surface area contributed by atoms with E-state index in [9.17, 15) is 9.59 Å². The lowest BCUT2D eigenvalue weighted by Crippen LogP contribution is -2.30. The molecule has 0 saturated carbocycles. The van der Waals surface area contributed by atoms with Crippen LogP contribution in [0.5, 0.6) is 5.75 Å². The van der Waals surface area contributed by atoms with Crippen LogP contribution < -0.4 is 15.5 Å². The average molecular weight is 337 g/mol. The summed E-state index contributed by atoms with van der Waals surface area (Å²) in [7, 11) is 0. The quantitative estimate of drug-likeness (QED) is 0.749. The molecule has 6 heteroatoms. The number of aromatic amines is 1. The number of ether oxygens (including phenoxy) is 1. The Labute approximate surface area is 144 Å². The fraction of sp³-hybridized carbons (Fsp3) is 0.211. The molecule has 0 saturated heterocycles. The third-order valence-corrected chi connectivity index (χ3v) is 3.61. The average Bonchev–Trinajstić information content (AvgIpc) is 2.60. The highest BCUT2D eigenvalue weighted by Crippen LogP contribution is 2.15. The van der Waals surface area contributed by atoms with Crippen molar-refractivity contribution >= 4 is 16.8 Å². The topological polar surface area (TPSA) is 84.1 Å². The highest BCUT2D eigenvalue weighted by Gasteiger charge is 2.14. The van der Waals surface area contributed by atoms with Gasteiger partial charge in [0.2, 0.25) is 5.43 Å². The number of rotatable bonds is 5. The predicted molar refractivity (Wildman–Crippen MR) is 95.7 cm³/mol. The number of H-pyrrole nitrogens is 1. The van der Waals surface area contributed by atoms with E-state index < -0.39 is 5.91 Å². The van der Waals surface area contributed by atoms with E-state index in [2.05, 4.69) is 15.5 Å². The summed E-state index contributed by atoms with van der Waals surface area (Å²) < 4.78 is 5.63. The molecule has 1 amide bonds. The zero-order chi connectivity index (χ0) is 17.8. The van der Waals surface area contributed by atoms with E-state index in [0.717, 1.165) is 11.3 Å². The lowest BCUT2D eigenvalue weighted by Gasteiger charge is -2.11. The molecule has 0 spiro atoms. The zero-order valence-corrected chi connectivity index (χ0v) is 14.1. The summed E-state index contributed by atoms with van der Waals surface area (Å²) in [5.41, 5.74) is 0.948. The molecule has 0 bridgehead atoms. The van der Waals surface area contributed by atoms with Gasteiger partial charge in [0.15, 0.2) is 5.69 Å². The Kier molecular flexibility index (Phi) is 4.79. The van der Waals surface area contributed by atoms with Crippen LogP contribution in [0.3, 0.4) is 0 Å². The molecule has 1 heterocycles. The molecule has 2 N–H and O–H groups in total. The van der Waals surface area contributed by atoms with Crippen LogP contribution in [0.4, 0.5) is 0 Å². The Morgan fingerprint density at radius 1 is 1.20 bits per heavy atom. The minimum Gasteiger partial charge on any atom is -0.491 e. The molecule has 0 unspecified atom stereocenters. The predicted octanol–water partition coefficient (Wildman–Crippen LogP) is 2.64. The SMILES string of the molecule is CC(C)Oc1cccc(CNC(=O)c2n[nH]c3ccccc3c2=O)c1. The third kappa shape index (κ3) is 3.85. The van der Waals surface area contributed by atoms with Gasteiger partial charge in [-0.05, 0) is 43.7 Å². The van der Waals surface area contributed by atoms with E-state index in [4.69, 9.17) is 4.74 Å². The molecule has 1 aromatic heterocycles. The first-order valence-corrected chi connectivity index (χ1v) is 8.06. The highest BCUT2D eigenvalue weighted by molar-refractivity contribution is 5.95. The van der Waals surface area contributed by atoms with E-state index in [1.54, 1.807) is 24.3 Å². The van der Waals surface area contributed by atoms with Gasteiger partial charge in [-0.25, -0.2) is 0 Å². The van der Waals surface area contributed by atoms with Crippen LogP contribution in [-0.2, 0) is 6.54 Å². The van der Waals surface area contributed by atoms with Crippen molar-refractivity contribution in [1.82, 2.24) is 15.5 Å². The van der Waals surface area contributed by atoms with Gasteiger partial charge in [0.1, 0.15) is 5.75 Å². The van der Waals surface area contributed by atoms with E-state index in [1.807, 2.05) is 38.1 Å². The molecular formula is C19H19N3O3. The largest absolute Gasteiger partial charge is 0.491 e. The van der Waals surface area contributed by atoms with Crippen molar-refractivity contribution in [1.29, 1.82) is 0 Å². The number of benzene rings is 2. The minimum atomic E-state index is -0.512. The number of hydrogen-bond acceptors (Lipinski definition) is 4. The lowest BCUT2D eigenvalue weighted by molar-refractivity contribution is 0.0944. The molecule has 0 aliphatic heterocycles.